The number of nitrogens with zero attached hydrogens (tertiary/aromatic N) is 2. The number of aryl methyl sites for hydroxylation is 1. The van der Waals surface area contributed by atoms with Crippen LogP contribution in [-0.4, -0.2) is 9.55 Å². The number of hydrogen-bond donors (Lipinski definition) is 0. The van der Waals surface area contributed by atoms with Gasteiger partial charge in [-0.05, 0) is 88.7 Å². The number of allylic oxidation sites excluding steroid dienone is 1. The van der Waals surface area contributed by atoms with Gasteiger partial charge in [-0.15, -0.1) is 0 Å². The Morgan fingerprint density at radius 2 is 1.31 bits per heavy atom. The van der Waals surface area contributed by atoms with Crippen molar-refractivity contribution in [2.45, 2.75) is 12.8 Å². The fraction of sp³-hybridized carbons (Fsp3) is 0.0426. The molecule has 0 atom stereocenters. The molecule has 0 unspecified atom stereocenters. The highest BCUT2D eigenvalue weighted by Crippen LogP contribution is 2.43. The van der Waals surface area contributed by atoms with Crippen LogP contribution in [0.5, 0.6) is 0 Å². The lowest BCUT2D eigenvalue weighted by molar-refractivity contribution is 0.546. The summed E-state index contributed by atoms with van der Waals surface area (Å²) in [6.07, 6.45) is 6.26. The predicted octanol–water partition coefficient (Wildman–Crippen LogP) is 12.8. The molecule has 7 aromatic carbocycles. The average molecular weight is 655 g/mol. The molecular weight excluding hydrogens is 625 g/mol. The molecule has 0 aliphatic heterocycles. The first-order chi connectivity index (χ1) is 25.3. The highest BCUT2D eigenvalue weighted by molar-refractivity contribution is 6.22. The van der Waals surface area contributed by atoms with Gasteiger partial charge in [0.15, 0.2) is 5.58 Å². The fourth-order valence-electron chi connectivity index (χ4n) is 8.10. The molecule has 4 nitrogen and oxygen atoms in total. The van der Waals surface area contributed by atoms with Crippen molar-refractivity contribution in [3.63, 3.8) is 0 Å². The monoisotopic (exact) mass is 654 g/mol. The van der Waals surface area contributed by atoms with Crippen LogP contribution in [0.15, 0.2) is 161 Å². The fourth-order valence-corrected chi connectivity index (χ4v) is 8.10. The van der Waals surface area contributed by atoms with E-state index in [2.05, 4.69) is 150 Å². The molecule has 10 aromatic rings. The maximum absolute atomic E-state index is 6.52. The van der Waals surface area contributed by atoms with E-state index in [1.807, 2.05) is 12.1 Å². The molecule has 0 saturated heterocycles. The smallest absolute Gasteiger partial charge is 0.227 e. The van der Waals surface area contributed by atoms with Crippen molar-refractivity contribution in [1.29, 1.82) is 0 Å². The van der Waals surface area contributed by atoms with E-state index in [1.54, 1.807) is 0 Å². The Kier molecular flexibility index (Phi) is 6.05. The number of furan rings is 1. The van der Waals surface area contributed by atoms with E-state index in [4.69, 9.17) is 13.8 Å². The summed E-state index contributed by atoms with van der Waals surface area (Å²) in [4.78, 5) is 4.93. The number of aromatic nitrogens is 2. The Hall–Kier alpha value is -6.65. The van der Waals surface area contributed by atoms with Crippen LogP contribution in [0.4, 0.5) is 0 Å². The Labute approximate surface area is 293 Å². The molecule has 0 radical (unpaired) electrons. The third-order valence-corrected chi connectivity index (χ3v) is 10.5. The maximum atomic E-state index is 6.52. The van der Waals surface area contributed by atoms with E-state index in [-0.39, 0.29) is 0 Å². The number of rotatable bonds is 4. The minimum Gasteiger partial charge on any atom is -0.460 e. The van der Waals surface area contributed by atoms with Crippen LogP contribution in [0.2, 0.25) is 0 Å². The standard InChI is InChI=1S/C47H30N2O2/c1-3-11-29(12-4-1)32-21-25-41-38(27-32)39-28-37(30-13-5-2-6-14-30)34-15-7-8-16-35(34)45(39)49(41)33-22-19-31(20-23-33)47-48-40-24-26-43-44(46(40)51-47)36-17-9-10-18-42(36)50-43/h1-9,11-17,19-28H,10,18H2. The van der Waals surface area contributed by atoms with Crippen molar-refractivity contribution in [2.24, 2.45) is 0 Å². The van der Waals surface area contributed by atoms with Gasteiger partial charge in [0, 0.05) is 39.4 Å². The van der Waals surface area contributed by atoms with Crippen molar-refractivity contribution in [3.05, 3.63) is 163 Å². The van der Waals surface area contributed by atoms with Crippen LogP contribution in [0, 0.1) is 0 Å². The largest absolute Gasteiger partial charge is 0.460 e. The van der Waals surface area contributed by atoms with Crippen molar-refractivity contribution in [3.8, 4) is 39.4 Å². The molecule has 3 aromatic heterocycles. The van der Waals surface area contributed by atoms with Gasteiger partial charge in [-0.1, -0.05) is 103 Å². The SMILES string of the molecule is C1=Cc2c(oc3ccc4nc(-c5ccc(-n6c7ccc(-c8ccccc8)cc7c7cc(-c8ccccc8)c8ccccc8c76)cc5)oc4c23)CC1. The van der Waals surface area contributed by atoms with Gasteiger partial charge >= 0.3 is 0 Å². The second kappa shape index (κ2) is 10.9. The summed E-state index contributed by atoms with van der Waals surface area (Å²) in [6, 6.07) is 52.0. The number of hydrogen-bond acceptors (Lipinski definition) is 3. The van der Waals surface area contributed by atoms with E-state index in [0.717, 1.165) is 63.0 Å². The second-order valence-electron chi connectivity index (χ2n) is 13.4. The molecular formula is C47H30N2O2. The van der Waals surface area contributed by atoms with E-state index in [1.165, 1.54) is 49.3 Å². The molecule has 0 N–H and O–H groups in total. The molecule has 1 aliphatic carbocycles. The van der Waals surface area contributed by atoms with Crippen LogP contribution in [0.25, 0.3) is 100 Å². The zero-order chi connectivity index (χ0) is 33.5. The van der Waals surface area contributed by atoms with Crippen LogP contribution in [0.1, 0.15) is 17.7 Å². The summed E-state index contributed by atoms with van der Waals surface area (Å²) in [5.41, 5.74) is 12.8. The first-order valence-corrected chi connectivity index (χ1v) is 17.5. The van der Waals surface area contributed by atoms with Gasteiger partial charge < -0.3 is 13.4 Å². The Morgan fingerprint density at radius 3 is 2.14 bits per heavy atom. The number of fused-ring (bicyclic) bond motifs is 10. The molecule has 11 rings (SSSR count). The molecule has 3 heterocycles. The summed E-state index contributed by atoms with van der Waals surface area (Å²) < 4.78 is 15.1. The van der Waals surface area contributed by atoms with Gasteiger partial charge in [0.2, 0.25) is 5.89 Å². The van der Waals surface area contributed by atoms with Crippen LogP contribution in [0.3, 0.4) is 0 Å². The van der Waals surface area contributed by atoms with E-state index in [0.29, 0.717) is 5.89 Å². The third kappa shape index (κ3) is 4.30. The lowest BCUT2D eigenvalue weighted by atomic mass is 9.94. The molecule has 4 heteroatoms. The summed E-state index contributed by atoms with van der Waals surface area (Å²) >= 11 is 0. The summed E-state index contributed by atoms with van der Waals surface area (Å²) in [5, 5.41) is 5.91. The van der Waals surface area contributed by atoms with Gasteiger partial charge in [0.05, 0.1) is 16.4 Å². The van der Waals surface area contributed by atoms with Gasteiger partial charge in [-0.25, -0.2) is 4.98 Å². The van der Waals surface area contributed by atoms with Crippen molar-refractivity contribution in [2.75, 3.05) is 0 Å². The molecule has 0 saturated carbocycles. The first-order valence-electron chi connectivity index (χ1n) is 17.5. The first kappa shape index (κ1) is 28.2. The lowest BCUT2D eigenvalue weighted by Crippen LogP contribution is -1.95. The summed E-state index contributed by atoms with van der Waals surface area (Å²) in [5.74, 6) is 1.62. The Balaban J connectivity index is 1.12. The third-order valence-electron chi connectivity index (χ3n) is 10.5. The summed E-state index contributed by atoms with van der Waals surface area (Å²) in [6.45, 7) is 0. The highest BCUT2D eigenvalue weighted by Gasteiger charge is 2.22. The Morgan fingerprint density at radius 1 is 0.569 bits per heavy atom. The van der Waals surface area contributed by atoms with Crippen LogP contribution < -0.4 is 0 Å². The normalized spacial score (nSPS) is 12.9. The minimum atomic E-state index is 0.603. The van der Waals surface area contributed by atoms with Gasteiger partial charge in [0.25, 0.3) is 0 Å². The maximum Gasteiger partial charge on any atom is 0.227 e. The van der Waals surface area contributed by atoms with E-state index >= 15 is 0 Å². The van der Waals surface area contributed by atoms with E-state index < -0.39 is 0 Å². The molecule has 1 aliphatic rings. The quantitative estimate of drug-likeness (QED) is 0.190. The zero-order valence-corrected chi connectivity index (χ0v) is 27.6. The van der Waals surface area contributed by atoms with Crippen molar-refractivity contribution >= 4 is 60.7 Å². The van der Waals surface area contributed by atoms with Gasteiger partial charge in [0.1, 0.15) is 16.9 Å². The highest BCUT2D eigenvalue weighted by atomic mass is 16.4. The average Bonchev–Trinajstić information content (AvgIpc) is 3.90. The minimum absolute atomic E-state index is 0.603. The summed E-state index contributed by atoms with van der Waals surface area (Å²) in [7, 11) is 0. The van der Waals surface area contributed by atoms with Crippen LogP contribution >= 0.6 is 0 Å². The lowest BCUT2D eigenvalue weighted by Gasteiger charge is -2.13. The molecule has 0 bridgehead atoms. The van der Waals surface area contributed by atoms with Gasteiger partial charge in [-0.2, -0.15) is 0 Å². The predicted molar refractivity (Wildman–Crippen MR) is 209 cm³/mol. The van der Waals surface area contributed by atoms with Crippen molar-refractivity contribution < 1.29 is 8.83 Å². The van der Waals surface area contributed by atoms with Crippen LogP contribution in [-0.2, 0) is 6.42 Å². The molecule has 0 fully saturated rings. The number of oxazole rings is 1. The molecule has 0 spiro atoms. The van der Waals surface area contributed by atoms with Gasteiger partial charge in [-0.3, -0.25) is 0 Å². The topological polar surface area (TPSA) is 44.1 Å². The zero-order valence-electron chi connectivity index (χ0n) is 27.6. The van der Waals surface area contributed by atoms with E-state index in [9.17, 15) is 0 Å². The number of benzene rings is 7. The second-order valence-corrected chi connectivity index (χ2v) is 13.4. The molecule has 51 heavy (non-hydrogen) atoms. The van der Waals surface area contributed by atoms with Crippen molar-refractivity contribution in [1.82, 2.24) is 9.55 Å². The Bertz CT molecular complexity index is 3000. The molecule has 0 amide bonds. The molecule has 240 valence electrons.